The van der Waals surface area contributed by atoms with Gasteiger partial charge in [0.05, 0.1) is 34.5 Å². The minimum Gasteiger partial charge on any atom is -0.377 e. The van der Waals surface area contributed by atoms with Gasteiger partial charge in [-0.2, -0.15) is 0 Å². The summed E-state index contributed by atoms with van der Waals surface area (Å²) in [6, 6.07) is 8.28. The molecule has 0 N–H and O–H groups in total. The van der Waals surface area contributed by atoms with Gasteiger partial charge >= 0.3 is 0 Å². The van der Waals surface area contributed by atoms with Crippen LogP contribution in [0.15, 0.2) is 24.3 Å². The molecule has 0 aliphatic carbocycles. The molecule has 1 saturated heterocycles. The second-order valence-corrected chi connectivity index (χ2v) is 6.20. The zero-order valence-corrected chi connectivity index (χ0v) is 12.4. The number of carbonyl (C=O) groups excluding carboxylic acids is 1. The highest BCUT2D eigenvalue weighted by molar-refractivity contribution is 7.18. The van der Waals surface area contributed by atoms with Gasteiger partial charge in [-0.15, -0.1) is 11.3 Å². The number of carbonyl (C=O) groups is 1. The lowest BCUT2D eigenvalue weighted by Gasteiger charge is -2.33. The number of hydrogen-bond donors (Lipinski definition) is 0. The number of para-hydroxylation sites is 1. The smallest absolute Gasteiger partial charge is 0.223 e. The molecule has 1 amide bonds. The highest BCUT2D eigenvalue weighted by atomic mass is 32.1. The van der Waals surface area contributed by atoms with Crippen LogP contribution in [0.25, 0.3) is 10.2 Å². The van der Waals surface area contributed by atoms with E-state index in [4.69, 9.17) is 4.74 Å². The third-order valence-electron chi connectivity index (χ3n) is 3.58. The minimum atomic E-state index is 0.187. The Kier molecular flexibility index (Phi) is 3.98. The van der Waals surface area contributed by atoms with E-state index < -0.39 is 0 Å². The molecule has 1 aromatic heterocycles. The van der Waals surface area contributed by atoms with Crippen LogP contribution in [0.5, 0.6) is 0 Å². The van der Waals surface area contributed by atoms with Crippen molar-refractivity contribution in [3.05, 3.63) is 29.3 Å². The maximum atomic E-state index is 12.2. The van der Waals surface area contributed by atoms with Crippen molar-refractivity contribution in [1.82, 2.24) is 9.88 Å². The van der Waals surface area contributed by atoms with Gasteiger partial charge in [0.2, 0.25) is 5.91 Å². The van der Waals surface area contributed by atoms with Crippen LogP contribution in [0.1, 0.15) is 18.4 Å². The van der Waals surface area contributed by atoms with E-state index in [1.807, 2.05) is 30.0 Å². The highest BCUT2D eigenvalue weighted by Crippen LogP contribution is 2.22. The Balaban J connectivity index is 1.62. The second-order valence-electron chi connectivity index (χ2n) is 5.09. The van der Waals surface area contributed by atoms with E-state index in [1.54, 1.807) is 11.3 Å². The fraction of sp³-hybridized carbons (Fsp3) is 0.467. The molecular weight excluding hydrogens is 272 g/mol. The SMILES string of the molecule is CC1COCCN1C(=O)CCc1nc2ccccc2s1. The molecule has 1 aromatic carbocycles. The molecule has 3 rings (SSSR count). The van der Waals surface area contributed by atoms with Crippen LogP contribution < -0.4 is 0 Å². The number of thiazole rings is 1. The van der Waals surface area contributed by atoms with Gasteiger partial charge < -0.3 is 9.64 Å². The van der Waals surface area contributed by atoms with Crippen molar-refractivity contribution in [3.63, 3.8) is 0 Å². The van der Waals surface area contributed by atoms with E-state index in [2.05, 4.69) is 11.1 Å². The minimum absolute atomic E-state index is 0.187. The second kappa shape index (κ2) is 5.89. The summed E-state index contributed by atoms with van der Waals surface area (Å²) in [6.07, 6.45) is 1.26. The number of benzene rings is 1. The molecule has 1 aliphatic rings. The Morgan fingerprint density at radius 3 is 3.15 bits per heavy atom. The van der Waals surface area contributed by atoms with Crippen molar-refractivity contribution in [2.24, 2.45) is 0 Å². The summed E-state index contributed by atoms with van der Waals surface area (Å²) in [6.45, 7) is 4.04. The summed E-state index contributed by atoms with van der Waals surface area (Å²) in [7, 11) is 0. The Morgan fingerprint density at radius 1 is 1.50 bits per heavy atom. The van der Waals surface area contributed by atoms with E-state index in [0.717, 1.165) is 16.9 Å². The fourth-order valence-electron chi connectivity index (χ4n) is 2.48. The predicted octanol–water partition coefficient (Wildman–Crippen LogP) is 2.48. The normalized spacial score (nSPS) is 19.4. The van der Waals surface area contributed by atoms with Crippen molar-refractivity contribution in [2.75, 3.05) is 19.8 Å². The number of amides is 1. The number of fused-ring (bicyclic) bond motifs is 1. The number of rotatable bonds is 3. The molecule has 106 valence electrons. The van der Waals surface area contributed by atoms with Gasteiger partial charge in [0.1, 0.15) is 0 Å². The number of aryl methyl sites for hydroxylation is 1. The van der Waals surface area contributed by atoms with Crippen LogP contribution in [-0.2, 0) is 16.0 Å². The third kappa shape index (κ3) is 2.83. The quantitative estimate of drug-likeness (QED) is 0.872. The monoisotopic (exact) mass is 290 g/mol. The summed E-state index contributed by atoms with van der Waals surface area (Å²) < 4.78 is 6.55. The Labute approximate surface area is 122 Å². The van der Waals surface area contributed by atoms with Gasteiger partial charge in [-0.3, -0.25) is 4.79 Å². The van der Waals surface area contributed by atoms with Gasteiger partial charge in [-0.05, 0) is 19.1 Å². The van der Waals surface area contributed by atoms with Crippen molar-refractivity contribution in [2.45, 2.75) is 25.8 Å². The van der Waals surface area contributed by atoms with Gasteiger partial charge in [-0.1, -0.05) is 12.1 Å². The lowest BCUT2D eigenvalue weighted by molar-refractivity contribution is -0.139. The van der Waals surface area contributed by atoms with Gasteiger partial charge in [-0.25, -0.2) is 4.98 Å². The Hall–Kier alpha value is -1.46. The van der Waals surface area contributed by atoms with Crippen molar-refractivity contribution in [1.29, 1.82) is 0 Å². The molecule has 0 saturated carbocycles. The zero-order chi connectivity index (χ0) is 13.9. The predicted molar refractivity (Wildman–Crippen MR) is 79.9 cm³/mol. The molecule has 0 bridgehead atoms. The maximum absolute atomic E-state index is 12.2. The summed E-state index contributed by atoms with van der Waals surface area (Å²) in [5.41, 5.74) is 1.03. The van der Waals surface area contributed by atoms with Crippen LogP contribution in [0, 0.1) is 0 Å². The Morgan fingerprint density at radius 2 is 2.35 bits per heavy atom. The van der Waals surface area contributed by atoms with Crippen LogP contribution in [0.4, 0.5) is 0 Å². The number of hydrogen-bond acceptors (Lipinski definition) is 4. The highest BCUT2D eigenvalue weighted by Gasteiger charge is 2.23. The van der Waals surface area contributed by atoms with Crippen LogP contribution in [0.3, 0.4) is 0 Å². The molecule has 20 heavy (non-hydrogen) atoms. The maximum Gasteiger partial charge on any atom is 0.223 e. The standard InChI is InChI=1S/C15H18N2O2S/c1-11-10-19-9-8-17(11)15(18)7-6-14-16-12-4-2-3-5-13(12)20-14/h2-5,11H,6-10H2,1H3. The fourth-order valence-corrected chi connectivity index (χ4v) is 3.45. The largest absolute Gasteiger partial charge is 0.377 e. The molecule has 1 unspecified atom stereocenters. The third-order valence-corrected chi connectivity index (χ3v) is 4.68. The van der Waals surface area contributed by atoms with Gasteiger partial charge in [0.25, 0.3) is 0 Å². The molecule has 0 radical (unpaired) electrons. The first-order valence-corrected chi connectivity index (χ1v) is 7.77. The molecular formula is C15H18N2O2S. The average molecular weight is 290 g/mol. The number of ether oxygens (including phenoxy) is 1. The zero-order valence-electron chi connectivity index (χ0n) is 11.5. The van der Waals surface area contributed by atoms with E-state index in [9.17, 15) is 4.79 Å². The summed E-state index contributed by atoms with van der Waals surface area (Å²) in [4.78, 5) is 18.7. The number of morpholine rings is 1. The van der Waals surface area contributed by atoms with Crippen LogP contribution >= 0.6 is 11.3 Å². The molecule has 2 aromatic rings. The first-order chi connectivity index (χ1) is 9.74. The molecule has 5 heteroatoms. The summed E-state index contributed by atoms with van der Waals surface area (Å²) in [5.74, 6) is 0.208. The average Bonchev–Trinajstić information content (AvgIpc) is 2.88. The molecule has 2 heterocycles. The van der Waals surface area contributed by atoms with E-state index in [-0.39, 0.29) is 11.9 Å². The van der Waals surface area contributed by atoms with E-state index >= 15 is 0 Å². The first-order valence-electron chi connectivity index (χ1n) is 6.96. The Bertz CT molecular complexity index is 578. The van der Waals surface area contributed by atoms with Crippen molar-refractivity contribution >= 4 is 27.5 Å². The van der Waals surface area contributed by atoms with Gasteiger partial charge in [0.15, 0.2) is 0 Å². The van der Waals surface area contributed by atoms with E-state index in [1.165, 1.54) is 4.70 Å². The van der Waals surface area contributed by atoms with Crippen molar-refractivity contribution < 1.29 is 9.53 Å². The summed E-state index contributed by atoms with van der Waals surface area (Å²) >= 11 is 1.68. The first kappa shape index (κ1) is 13.5. The summed E-state index contributed by atoms with van der Waals surface area (Å²) in [5, 5.41) is 1.04. The molecule has 1 aliphatic heterocycles. The van der Waals surface area contributed by atoms with Gasteiger partial charge in [0, 0.05) is 19.4 Å². The molecule has 1 atom stereocenters. The van der Waals surface area contributed by atoms with Crippen LogP contribution in [-0.4, -0.2) is 41.6 Å². The number of aromatic nitrogens is 1. The topological polar surface area (TPSA) is 42.4 Å². The molecule has 1 fully saturated rings. The molecule has 0 spiro atoms. The lowest BCUT2D eigenvalue weighted by Crippen LogP contribution is -2.47. The lowest BCUT2D eigenvalue weighted by atomic mass is 10.2. The number of nitrogens with zero attached hydrogens (tertiary/aromatic N) is 2. The molecule has 4 nitrogen and oxygen atoms in total. The van der Waals surface area contributed by atoms with Crippen molar-refractivity contribution in [3.8, 4) is 0 Å². The van der Waals surface area contributed by atoms with E-state index in [0.29, 0.717) is 26.2 Å². The van der Waals surface area contributed by atoms with Crippen LogP contribution in [0.2, 0.25) is 0 Å².